The number of aryl methyl sites for hydroxylation is 1. The predicted octanol–water partition coefficient (Wildman–Crippen LogP) is 3.33. The van der Waals surface area contributed by atoms with Crippen LogP contribution in [-0.4, -0.2) is 32.6 Å². The zero-order valence-electron chi connectivity index (χ0n) is 17.0. The number of ether oxygens (including phenoxy) is 2. The number of rotatable bonds is 9. The second kappa shape index (κ2) is 10.3. The third-order valence-corrected chi connectivity index (χ3v) is 4.54. The summed E-state index contributed by atoms with van der Waals surface area (Å²) in [6.45, 7) is 4.30. The van der Waals surface area contributed by atoms with Gasteiger partial charge in [-0.05, 0) is 41.8 Å². The highest BCUT2D eigenvalue weighted by Gasteiger charge is 2.13. The molecule has 0 aliphatic carbocycles. The molecule has 150 valence electrons. The fourth-order valence-electron chi connectivity index (χ4n) is 2.87. The molecule has 0 saturated heterocycles. The lowest BCUT2D eigenvalue weighted by Crippen LogP contribution is -2.33. The molecule has 6 heteroatoms. The predicted molar refractivity (Wildman–Crippen MR) is 110 cm³/mol. The number of carbonyl (C=O) groups is 2. The van der Waals surface area contributed by atoms with E-state index in [1.165, 1.54) is 12.5 Å². The van der Waals surface area contributed by atoms with Crippen molar-refractivity contribution in [3.8, 4) is 11.5 Å². The van der Waals surface area contributed by atoms with Crippen LogP contribution in [0.4, 0.5) is 5.69 Å². The molecule has 0 heterocycles. The van der Waals surface area contributed by atoms with Crippen LogP contribution in [-0.2, 0) is 22.6 Å². The van der Waals surface area contributed by atoms with Crippen LogP contribution in [0.15, 0.2) is 42.5 Å². The lowest BCUT2D eigenvalue weighted by Gasteiger charge is -2.21. The average Bonchev–Trinajstić information content (AvgIpc) is 2.72. The van der Waals surface area contributed by atoms with Crippen molar-refractivity contribution in [2.24, 2.45) is 0 Å². The standard InChI is InChI=1S/C22H28N2O4/c1-5-17-6-9-19(10-7-17)24(16(2)25)13-12-22(26)23-15-18-8-11-20(27-3)21(14-18)28-4/h6-11,14H,5,12-13,15H2,1-4H3,(H,23,26). The van der Waals surface area contributed by atoms with Gasteiger partial charge in [0.2, 0.25) is 11.8 Å². The third-order valence-electron chi connectivity index (χ3n) is 4.54. The molecule has 0 aromatic heterocycles. The van der Waals surface area contributed by atoms with Crippen molar-refractivity contribution in [2.45, 2.75) is 33.2 Å². The number of carbonyl (C=O) groups excluding carboxylic acids is 2. The average molecular weight is 384 g/mol. The molecule has 0 aliphatic heterocycles. The van der Waals surface area contributed by atoms with E-state index in [-0.39, 0.29) is 18.2 Å². The molecule has 0 bridgehead atoms. The Morgan fingerprint density at radius 2 is 1.61 bits per heavy atom. The van der Waals surface area contributed by atoms with Crippen molar-refractivity contribution >= 4 is 17.5 Å². The zero-order valence-corrected chi connectivity index (χ0v) is 17.0. The highest BCUT2D eigenvalue weighted by molar-refractivity contribution is 5.92. The molecular formula is C22H28N2O4. The van der Waals surface area contributed by atoms with E-state index in [9.17, 15) is 9.59 Å². The summed E-state index contributed by atoms with van der Waals surface area (Å²) < 4.78 is 10.5. The summed E-state index contributed by atoms with van der Waals surface area (Å²) in [4.78, 5) is 25.9. The third kappa shape index (κ3) is 5.74. The first-order chi connectivity index (χ1) is 13.5. The molecule has 1 N–H and O–H groups in total. The Bertz CT molecular complexity index is 803. The van der Waals surface area contributed by atoms with Gasteiger partial charge in [0.15, 0.2) is 11.5 Å². The summed E-state index contributed by atoms with van der Waals surface area (Å²) in [7, 11) is 3.15. The van der Waals surface area contributed by atoms with E-state index in [0.29, 0.717) is 24.6 Å². The van der Waals surface area contributed by atoms with E-state index >= 15 is 0 Å². The van der Waals surface area contributed by atoms with Gasteiger partial charge in [0.25, 0.3) is 0 Å². The van der Waals surface area contributed by atoms with Gasteiger partial charge in [0.05, 0.1) is 14.2 Å². The fourth-order valence-corrected chi connectivity index (χ4v) is 2.87. The maximum atomic E-state index is 12.2. The molecule has 28 heavy (non-hydrogen) atoms. The van der Waals surface area contributed by atoms with Gasteiger partial charge in [-0.15, -0.1) is 0 Å². The molecule has 0 spiro atoms. The van der Waals surface area contributed by atoms with Crippen molar-refractivity contribution in [1.29, 1.82) is 0 Å². The van der Waals surface area contributed by atoms with E-state index in [1.807, 2.05) is 36.4 Å². The van der Waals surface area contributed by atoms with Gasteiger partial charge in [-0.1, -0.05) is 25.1 Å². The van der Waals surface area contributed by atoms with Crippen LogP contribution in [0.25, 0.3) is 0 Å². The Balaban J connectivity index is 1.91. The Kier molecular flexibility index (Phi) is 7.87. The Morgan fingerprint density at radius 1 is 0.964 bits per heavy atom. The van der Waals surface area contributed by atoms with Gasteiger partial charge in [0, 0.05) is 32.1 Å². The smallest absolute Gasteiger partial charge is 0.223 e. The molecule has 0 saturated carbocycles. The summed E-state index contributed by atoms with van der Waals surface area (Å²) in [6.07, 6.45) is 1.17. The van der Waals surface area contributed by atoms with E-state index in [0.717, 1.165) is 17.7 Å². The Labute approximate surface area is 166 Å². The number of amides is 2. The van der Waals surface area contributed by atoms with Gasteiger partial charge >= 0.3 is 0 Å². The van der Waals surface area contributed by atoms with Crippen molar-refractivity contribution in [3.05, 3.63) is 53.6 Å². The van der Waals surface area contributed by atoms with Crippen LogP contribution in [0, 0.1) is 0 Å². The number of hydrogen-bond donors (Lipinski definition) is 1. The Hall–Kier alpha value is -3.02. The van der Waals surface area contributed by atoms with Gasteiger partial charge in [-0.3, -0.25) is 9.59 Å². The van der Waals surface area contributed by atoms with Crippen LogP contribution in [0.1, 0.15) is 31.4 Å². The van der Waals surface area contributed by atoms with E-state index in [2.05, 4.69) is 12.2 Å². The molecule has 0 aliphatic rings. The lowest BCUT2D eigenvalue weighted by atomic mass is 10.1. The minimum Gasteiger partial charge on any atom is -0.493 e. The van der Waals surface area contributed by atoms with Gasteiger partial charge in [-0.2, -0.15) is 0 Å². The SMILES string of the molecule is CCc1ccc(N(CCC(=O)NCc2ccc(OC)c(OC)c2)C(C)=O)cc1. The van der Waals surface area contributed by atoms with Crippen LogP contribution in [0.2, 0.25) is 0 Å². The quantitative estimate of drug-likeness (QED) is 0.720. The monoisotopic (exact) mass is 384 g/mol. The van der Waals surface area contributed by atoms with Crippen molar-refractivity contribution in [2.75, 3.05) is 25.7 Å². The van der Waals surface area contributed by atoms with Gasteiger partial charge < -0.3 is 19.7 Å². The van der Waals surface area contributed by atoms with Crippen molar-refractivity contribution in [3.63, 3.8) is 0 Å². The minimum absolute atomic E-state index is 0.0862. The molecule has 0 unspecified atom stereocenters. The normalized spacial score (nSPS) is 10.3. The topological polar surface area (TPSA) is 67.9 Å². The van der Waals surface area contributed by atoms with Gasteiger partial charge in [-0.25, -0.2) is 0 Å². The van der Waals surface area contributed by atoms with Crippen LogP contribution < -0.4 is 19.7 Å². The number of hydrogen-bond acceptors (Lipinski definition) is 4. The Morgan fingerprint density at radius 3 is 2.18 bits per heavy atom. The molecule has 0 radical (unpaired) electrons. The molecule has 0 fully saturated rings. The van der Waals surface area contributed by atoms with Crippen molar-refractivity contribution in [1.82, 2.24) is 5.32 Å². The maximum Gasteiger partial charge on any atom is 0.223 e. The fraction of sp³-hybridized carbons (Fsp3) is 0.364. The van der Waals surface area contributed by atoms with E-state index < -0.39 is 0 Å². The first kappa shape index (κ1) is 21.3. The lowest BCUT2D eigenvalue weighted by molar-refractivity contribution is -0.121. The maximum absolute atomic E-state index is 12.2. The molecule has 0 atom stereocenters. The minimum atomic E-state index is -0.119. The second-order valence-electron chi connectivity index (χ2n) is 6.41. The summed E-state index contributed by atoms with van der Waals surface area (Å²) in [6, 6.07) is 13.3. The number of nitrogens with zero attached hydrogens (tertiary/aromatic N) is 1. The van der Waals surface area contributed by atoms with E-state index in [4.69, 9.17) is 9.47 Å². The summed E-state index contributed by atoms with van der Waals surface area (Å²) in [5.74, 6) is 1.06. The zero-order chi connectivity index (χ0) is 20.5. The second-order valence-corrected chi connectivity index (χ2v) is 6.41. The summed E-state index contributed by atoms with van der Waals surface area (Å²) in [5.41, 5.74) is 2.92. The molecular weight excluding hydrogens is 356 g/mol. The summed E-state index contributed by atoms with van der Waals surface area (Å²) in [5, 5.41) is 2.88. The number of nitrogens with one attached hydrogen (secondary N) is 1. The highest BCUT2D eigenvalue weighted by Crippen LogP contribution is 2.27. The van der Waals surface area contributed by atoms with Crippen LogP contribution >= 0.6 is 0 Å². The van der Waals surface area contributed by atoms with Crippen LogP contribution in [0.3, 0.4) is 0 Å². The van der Waals surface area contributed by atoms with E-state index in [1.54, 1.807) is 25.2 Å². The van der Waals surface area contributed by atoms with Crippen LogP contribution in [0.5, 0.6) is 11.5 Å². The molecule has 6 nitrogen and oxygen atoms in total. The molecule has 2 amide bonds. The summed E-state index contributed by atoms with van der Waals surface area (Å²) >= 11 is 0. The van der Waals surface area contributed by atoms with Crippen molar-refractivity contribution < 1.29 is 19.1 Å². The van der Waals surface area contributed by atoms with Gasteiger partial charge in [0.1, 0.15) is 0 Å². The first-order valence-corrected chi connectivity index (χ1v) is 9.33. The first-order valence-electron chi connectivity index (χ1n) is 9.33. The molecule has 2 aromatic carbocycles. The number of anilines is 1. The molecule has 2 rings (SSSR count). The highest BCUT2D eigenvalue weighted by atomic mass is 16.5. The molecule has 2 aromatic rings. The largest absolute Gasteiger partial charge is 0.493 e. The number of methoxy groups -OCH3 is 2. The number of benzene rings is 2.